The Morgan fingerprint density at radius 3 is 2.44 bits per heavy atom. The quantitative estimate of drug-likeness (QED) is 0.594. The van der Waals surface area contributed by atoms with Crippen LogP contribution in [0.4, 0.5) is 20.2 Å². The van der Waals surface area contributed by atoms with E-state index in [0.29, 0.717) is 11.3 Å². The van der Waals surface area contributed by atoms with Gasteiger partial charge in [0.15, 0.2) is 0 Å². The highest BCUT2D eigenvalue weighted by molar-refractivity contribution is 7.92. The van der Waals surface area contributed by atoms with E-state index in [4.69, 9.17) is 11.6 Å². The van der Waals surface area contributed by atoms with Gasteiger partial charge in [-0.2, -0.15) is 0 Å². The van der Waals surface area contributed by atoms with E-state index in [9.17, 15) is 27.1 Å². The normalized spacial score (nSPS) is 15.9. The van der Waals surface area contributed by atoms with Crippen LogP contribution in [0.15, 0.2) is 65.6 Å². The van der Waals surface area contributed by atoms with Gasteiger partial charge in [-0.25, -0.2) is 17.2 Å². The molecule has 0 fully saturated rings. The summed E-state index contributed by atoms with van der Waals surface area (Å²) in [5.74, 6) is -1.59. The number of amides is 1. The van der Waals surface area contributed by atoms with Crippen molar-refractivity contribution in [3.63, 3.8) is 0 Å². The molecule has 4 rings (SSSR count). The molecule has 3 aromatic carbocycles. The summed E-state index contributed by atoms with van der Waals surface area (Å²) in [5.41, 5.74) is 1.04. The van der Waals surface area contributed by atoms with Crippen molar-refractivity contribution in [2.45, 2.75) is 17.4 Å². The molecular weight excluding hydrogens is 462 g/mol. The van der Waals surface area contributed by atoms with Crippen molar-refractivity contribution in [3.8, 4) is 0 Å². The minimum absolute atomic E-state index is 0.0123. The lowest BCUT2D eigenvalue weighted by Crippen LogP contribution is -2.42. The summed E-state index contributed by atoms with van der Waals surface area (Å²) < 4.78 is 54.7. The standard InChI is InChI=1S/C22H17ClF2N2O4S/c23-19-7-1-13(11-21(19)32(30,31)26-17-5-2-15(24)3-6-17)22(29)27-12-18(28)10-14-9-16(25)4-8-20(14)27/h1-9,11,18,26,28H,10,12H2. The molecule has 2 N–H and O–H groups in total. The molecule has 0 bridgehead atoms. The third-order valence-electron chi connectivity index (χ3n) is 4.99. The molecule has 32 heavy (non-hydrogen) atoms. The second-order valence-electron chi connectivity index (χ2n) is 7.30. The molecule has 166 valence electrons. The van der Waals surface area contributed by atoms with Crippen molar-refractivity contribution in [3.05, 3.63) is 88.4 Å². The second kappa shape index (κ2) is 8.50. The number of benzene rings is 3. The number of nitrogens with one attached hydrogen (secondary N) is 1. The SMILES string of the molecule is O=C(c1ccc(Cl)c(S(=O)(=O)Nc2ccc(F)cc2)c1)N1CC(O)Cc2cc(F)ccc21. The summed E-state index contributed by atoms with van der Waals surface area (Å²) in [6.07, 6.45) is -0.706. The number of aliphatic hydroxyl groups excluding tert-OH is 1. The maximum Gasteiger partial charge on any atom is 0.263 e. The zero-order valence-electron chi connectivity index (χ0n) is 16.4. The van der Waals surface area contributed by atoms with Crippen LogP contribution in [-0.4, -0.2) is 32.1 Å². The first-order valence-electron chi connectivity index (χ1n) is 9.50. The molecule has 6 nitrogen and oxygen atoms in total. The van der Waals surface area contributed by atoms with E-state index in [1.807, 2.05) is 0 Å². The molecule has 0 aromatic heterocycles. The lowest BCUT2D eigenvalue weighted by molar-refractivity contribution is 0.0954. The smallest absolute Gasteiger partial charge is 0.263 e. The summed E-state index contributed by atoms with van der Waals surface area (Å²) in [5, 5.41) is 10.0. The van der Waals surface area contributed by atoms with Crippen LogP contribution in [0.5, 0.6) is 0 Å². The zero-order chi connectivity index (χ0) is 23.0. The number of anilines is 2. The first-order chi connectivity index (χ1) is 15.1. The van der Waals surface area contributed by atoms with Crippen molar-refractivity contribution in [1.29, 1.82) is 0 Å². The third kappa shape index (κ3) is 4.45. The molecule has 0 aliphatic carbocycles. The highest BCUT2D eigenvalue weighted by Gasteiger charge is 2.30. The monoisotopic (exact) mass is 478 g/mol. The molecule has 1 amide bonds. The lowest BCUT2D eigenvalue weighted by Gasteiger charge is -2.32. The predicted octanol–water partition coefficient (Wildman–Crippen LogP) is 3.98. The van der Waals surface area contributed by atoms with Crippen LogP contribution < -0.4 is 9.62 Å². The summed E-state index contributed by atoms with van der Waals surface area (Å²) >= 11 is 6.10. The Bertz CT molecular complexity index is 1300. The van der Waals surface area contributed by atoms with Gasteiger partial charge < -0.3 is 10.0 Å². The van der Waals surface area contributed by atoms with Crippen LogP contribution in [0.3, 0.4) is 0 Å². The van der Waals surface area contributed by atoms with Crippen LogP contribution in [0.25, 0.3) is 0 Å². The lowest BCUT2D eigenvalue weighted by atomic mass is 9.98. The average Bonchev–Trinajstić information content (AvgIpc) is 2.74. The van der Waals surface area contributed by atoms with Crippen molar-refractivity contribution in [2.24, 2.45) is 0 Å². The van der Waals surface area contributed by atoms with E-state index >= 15 is 0 Å². The van der Waals surface area contributed by atoms with E-state index in [0.717, 1.165) is 18.2 Å². The molecule has 10 heteroatoms. The largest absolute Gasteiger partial charge is 0.391 e. The van der Waals surface area contributed by atoms with Crippen LogP contribution in [-0.2, 0) is 16.4 Å². The molecule has 0 saturated carbocycles. The van der Waals surface area contributed by atoms with E-state index in [-0.39, 0.29) is 34.1 Å². The van der Waals surface area contributed by atoms with E-state index < -0.39 is 33.7 Å². The first kappa shape index (κ1) is 22.2. The van der Waals surface area contributed by atoms with Gasteiger partial charge in [-0.15, -0.1) is 0 Å². The van der Waals surface area contributed by atoms with E-state index in [1.165, 1.54) is 47.4 Å². The van der Waals surface area contributed by atoms with Crippen LogP contribution in [0, 0.1) is 11.6 Å². The number of β-amino-alcohol motifs (C(OH)–C–C–N with tert-alkyl or cyclic N) is 1. The van der Waals surface area contributed by atoms with Crippen LogP contribution in [0.1, 0.15) is 15.9 Å². The molecule has 1 unspecified atom stereocenters. The zero-order valence-corrected chi connectivity index (χ0v) is 18.0. The van der Waals surface area contributed by atoms with Gasteiger partial charge in [0.05, 0.1) is 17.7 Å². The highest BCUT2D eigenvalue weighted by Crippen LogP contribution is 2.31. The van der Waals surface area contributed by atoms with Gasteiger partial charge in [0.1, 0.15) is 16.5 Å². The molecule has 0 radical (unpaired) electrons. The number of halogens is 3. The molecule has 0 saturated heterocycles. The average molecular weight is 479 g/mol. The summed E-state index contributed by atoms with van der Waals surface area (Å²) in [4.78, 5) is 14.1. The number of carbonyl (C=O) groups excluding carboxylic acids is 1. The Morgan fingerprint density at radius 2 is 1.72 bits per heavy atom. The highest BCUT2D eigenvalue weighted by atomic mass is 35.5. The minimum atomic E-state index is -4.19. The number of hydrogen-bond acceptors (Lipinski definition) is 4. The Hall–Kier alpha value is -3.01. The van der Waals surface area contributed by atoms with Gasteiger partial charge in [0.25, 0.3) is 15.9 Å². The number of carbonyl (C=O) groups is 1. The van der Waals surface area contributed by atoms with Crippen molar-refractivity contribution >= 4 is 38.9 Å². The predicted molar refractivity (Wildman–Crippen MR) is 116 cm³/mol. The molecule has 1 aliphatic heterocycles. The number of rotatable bonds is 4. The van der Waals surface area contributed by atoms with Gasteiger partial charge in [0.2, 0.25) is 0 Å². The number of hydrogen-bond donors (Lipinski definition) is 2. The Kier molecular flexibility index (Phi) is 5.89. The van der Waals surface area contributed by atoms with Crippen molar-refractivity contribution in [2.75, 3.05) is 16.2 Å². The topological polar surface area (TPSA) is 86.7 Å². The Balaban J connectivity index is 1.68. The van der Waals surface area contributed by atoms with Crippen LogP contribution in [0.2, 0.25) is 5.02 Å². The van der Waals surface area contributed by atoms with E-state index in [2.05, 4.69) is 4.72 Å². The van der Waals surface area contributed by atoms with Gasteiger partial charge in [-0.05, 0) is 66.2 Å². The fourth-order valence-electron chi connectivity index (χ4n) is 3.53. The maximum atomic E-state index is 13.6. The molecule has 1 atom stereocenters. The molecular formula is C22H17ClF2N2O4S. The van der Waals surface area contributed by atoms with Gasteiger partial charge in [-0.3, -0.25) is 9.52 Å². The number of fused-ring (bicyclic) bond motifs is 1. The Morgan fingerprint density at radius 1 is 1.03 bits per heavy atom. The van der Waals surface area contributed by atoms with Crippen molar-refractivity contribution < 1.29 is 27.1 Å². The first-order valence-corrected chi connectivity index (χ1v) is 11.4. The molecule has 0 spiro atoms. The van der Waals surface area contributed by atoms with Gasteiger partial charge >= 0.3 is 0 Å². The fraction of sp³-hybridized carbons (Fsp3) is 0.136. The summed E-state index contributed by atoms with van der Waals surface area (Å²) in [6, 6.07) is 12.4. The summed E-state index contributed by atoms with van der Waals surface area (Å²) in [7, 11) is -4.19. The number of nitrogens with zero attached hydrogens (tertiary/aromatic N) is 1. The van der Waals surface area contributed by atoms with Gasteiger partial charge in [0, 0.05) is 23.4 Å². The number of aliphatic hydroxyl groups is 1. The fourth-order valence-corrected chi connectivity index (χ4v) is 5.11. The third-order valence-corrected chi connectivity index (χ3v) is 6.85. The number of sulfonamides is 1. The summed E-state index contributed by atoms with van der Waals surface area (Å²) in [6.45, 7) is -0.0317. The maximum absolute atomic E-state index is 13.6. The minimum Gasteiger partial charge on any atom is -0.391 e. The second-order valence-corrected chi connectivity index (χ2v) is 9.36. The Labute approximate surface area is 188 Å². The van der Waals surface area contributed by atoms with E-state index in [1.54, 1.807) is 0 Å². The molecule has 3 aromatic rings. The molecule has 1 aliphatic rings. The molecule has 1 heterocycles. The van der Waals surface area contributed by atoms with Gasteiger partial charge in [-0.1, -0.05) is 11.6 Å². The van der Waals surface area contributed by atoms with Crippen LogP contribution >= 0.6 is 11.6 Å². The van der Waals surface area contributed by atoms with Crippen molar-refractivity contribution in [1.82, 2.24) is 0 Å².